The average Bonchev–Trinajstić information content (AvgIpc) is 2.70. The van der Waals surface area contributed by atoms with Gasteiger partial charge in [0, 0.05) is 37.2 Å². The van der Waals surface area contributed by atoms with E-state index in [1.165, 1.54) is 0 Å². The van der Waals surface area contributed by atoms with Crippen LogP contribution in [0.2, 0.25) is 0 Å². The van der Waals surface area contributed by atoms with E-state index < -0.39 is 6.67 Å². The summed E-state index contributed by atoms with van der Waals surface area (Å²) in [5.41, 5.74) is 3.59. The van der Waals surface area contributed by atoms with Crippen molar-refractivity contribution >= 4 is 11.6 Å². The Balaban J connectivity index is 1.84. The van der Waals surface area contributed by atoms with Crippen molar-refractivity contribution in [3.05, 3.63) is 56.5 Å². The smallest absolute Gasteiger partial charge is 0.269 e. The topological polar surface area (TPSA) is 90.1 Å². The Labute approximate surface area is 163 Å². The van der Waals surface area contributed by atoms with Gasteiger partial charge in [-0.3, -0.25) is 9.59 Å². The minimum atomic E-state index is -0.704. The van der Waals surface area contributed by atoms with Gasteiger partial charge in [0.1, 0.15) is 6.67 Å². The molecule has 7 nitrogen and oxygen atoms in total. The number of carbonyl (C=O) groups is 1. The molecule has 0 saturated carbocycles. The zero-order valence-corrected chi connectivity index (χ0v) is 16.3. The lowest BCUT2D eigenvalue weighted by Gasteiger charge is -2.19. The second-order valence-electron chi connectivity index (χ2n) is 7.24. The standard InChI is InChI=1S/C20H26FN5O2/c1-26(2)9-8-23-19(27)16-10-13(5-6-14(16)12-21)11-17-18-15(4-3-7-22-18)20(28)25-24-17/h5-6,10,22H,3-4,7-9,11-12H2,1-2H3,(H,23,27)(H,25,28). The summed E-state index contributed by atoms with van der Waals surface area (Å²) in [6.45, 7) is 1.28. The van der Waals surface area contributed by atoms with E-state index in [1.54, 1.807) is 18.2 Å². The Morgan fingerprint density at radius 3 is 2.93 bits per heavy atom. The predicted molar refractivity (Wildman–Crippen MR) is 107 cm³/mol. The number of aromatic amines is 1. The number of hydrogen-bond donors (Lipinski definition) is 3. The maximum atomic E-state index is 13.4. The van der Waals surface area contributed by atoms with E-state index >= 15 is 0 Å². The number of benzene rings is 1. The molecule has 3 rings (SSSR count). The molecule has 1 amide bonds. The van der Waals surface area contributed by atoms with Gasteiger partial charge in [0.15, 0.2) is 0 Å². The first kappa shape index (κ1) is 20.0. The van der Waals surface area contributed by atoms with E-state index in [9.17, 15) is 14.0 Å². The third-order valence-electron chi connectivity index (χ3n) is 4.84. The van der Waals surface area contributed by atoms with Gasteiger partial charge in [-0.25, -0.2) is 9.49 Å². The molecule has 0 unspecified atom stereocenters. The van der Waals surface area contributed by atoms with Crippen LogP contribution >= 0.6 is 0 Å². The molecule has 28 heavy (non-hydrogen) atoms. The Kier molecular flexibility index (Phi) is 6.41. The fourth-order valence-corrected chi connectivity index (χ4v) is 3.33. The number of hydrogen-bond acceptors (Lipinski definition) is 5. The van der Waals surface area contributed by atoms with Crippen molar-refractivity contribution in [2.24, 2.45) is 0 Å². The Hall–Kier alpha value is -2.74. The van der Waals surface area contributed by atoms with Gasteiger partial charge in [-0.1, -0.05) is 12.1 Å². The van der Waals surface area contributed by atoms with Gasteiger partial charge >= 0.3 is 0 Å². The summed E-state index contributed by atoms with van der Waals surface area (Å²) in [5, 5.41) is 12.8. The lowest BCUT2D eigenvalue weighted by atomic mass is 9.98. The molecule has 0 saturated heterocycles. The molecule has 1 aliphatic heterocycles. The molecule has 1 aromatic heterocycles. The van der Waals surface area contributed by atoms with Crippen LogP contribution < -0.4 is 16.2 Å². The predicted octanol–water partition coefficient (Wildman–Crippen LogP) is 1.48. The van der Waals surface area contributed by atoms with E-state index in [1.807, 2.05) is 19.0 Å². The first-order valence-electron chi connectivity index (χ1n) is 9.44. The SMILES string of the molecule is CN(C)CCNC(=O)c1cc(Cc2n[nH]c(=O)c3c2NCCC3)ccc1CF. The summed E-state index contributed by atoms with van der Waals surface area (Å²) < 4.78 is 13.4. The molecule has 2 heterocycles. The van der Waals surface area contributed by atoms with Gasteiger partial charge in [-0.05, 0) is 44.1 Å². The summed E-state index contributed by atoms with van der Waals surface area (Å²) in [6, 6.07) is 5.15. The molecular formula is C20H26FN5O2. The molecule has 0 bridgehead atoms. The maximum absolute atomic E-state index is 13.4. The summed E-state index contributed by atoms with van der Waals surface area (Å²) in [7, 11) is 3.84. The Morgan fingerprint density at radius 2 is 2.18 bits per heavy atom. The van der Waals surface area contributed by atoms with Crippen LogP contribution in [0.1, 0.15) is 39.2 Å². The number of aromatic nitrogens is 2. The first-order valence-corrected chi connectivity index (χ1v) is 9.44. The van der Waals surface area contributed by atoms with Gasteiger partial charge in [-0.15, -0.1) is 0 Å². The Morgan fingerprint density at radius 1 is 1.36 bits per heavy atom. The van der Waals surface area contributed by atoms with Crippen molar-refractivity contribution in [3.8, 4) is 0 Å². The monoisotopic (exact) mass is 387 g/mol. The van der Waals surface area contributed by atoms with Gasteiger partial charge in [0.2, 0.25) is 0 Å². The van der Waals surface area contributed by atoms with Gasteiger partial charge in [0.25, 0.3) is 11.5 Å². The van der Waals surface area contributed by atoms with Gasteiger partial charge in [-0.2, -0.15) is 5.10 Å². The highest BCUT2D eigenvalue weighted by Crippen LogP contribution is 2.24. The van der Waals surface area contributed by atoms with Crippen LogP contribution in [0, 0.1) is 0 Å². The molecule has 3 N–H and O–H groups in total. The number of alkyl halides is 1. The molecular weight excluding hydrogens is 361 g/mol. The highest BCUT2D eigenvalue weighted by Gasteiger charge is 2.19. The zero-order valence-electron chi connectivity index (χ0n) is 16.3. The minimum absolute atomic E-state index is 0.167. The lowest BCUT2D eigenvalue weighted by molar-refractivity contribution is 0.0949. The van der Waals surface area contributed by atoms with Crippen LogP contribution in [-0.4, -0.2) is 54.7 Å². The fourth-order valence-electron chi connectivity index (χ4n) is 3.33. The molecule has 150 valence electrons. The average molecular weight is 387 g/mol. The van der Waals surface area contributed by atoms with Crippen LogP contribution in [0.15, 0.2) is 23.0 Å². The minimum Gasteiger partial charge on any atom is -0.383 e. The zero-order chi connectivity index (χ0) is 20.1. The molecule has 1 aromatic carbocycles. The maximum Gasteiger partial charge on any atom is 0.269 e. The number of H-pyrrole nitrogens is 1. The van der Waals surface area contributed by atoms with E-state index in [0.29, 0.717) is 37.1 Å². The van der Waals surface area contributed by atoms with Crippen molar-refractivity contribution in [1.29, 1.82) is 0 Å². The molecule has 1 aliphatic rings. The fraction of sp³-hybridized carbons (Fsp3) is 0.450. The molecule has 2 aromatic rings. The summed E-state index contributed by atoms with van der Waals surface area (Å²) in [6.07, 6.45) is 2.06. The number of rotatable bonds is 7. The largest absolute Gasteiger partial charge is 0.383 e. The number of amides is 1. The summed E-state index contributed by atoms with van der Waals surface area (Å²) in [4.78, 5) is 26.5. The van der Waals surface area contributed by atoms with Crippen LogP contribution in [0.25, 0.3) is 0 Å². The van der Waals surface area contributed by atoms with E-state index in [2.05, 4.69) is 20.8 Å². The molecule has 0 fully saturated rings. The normalized spacial score (nSPS) is 13.1. The molecule has 0 radical (unpaired) electrons. The van der Waals surface area contributed by atoms with E-state index in [0.717, 1.165) is 35.5 Å². The van der Waals surface area contributed by atoms with Gasteiger partial charge < -0.3 is 15.5 Å². The van der Waals surface area contributed by atoms with E-state index in [4.69, 9.17) is 0 Å². The summed E-state index contributed by atoms with van der Waals surface area (Å²) in [5.74, 6) is -0.286. The van der Waals surface area contributed by atoms with Crippen molar-refractivity contribution in [3.63, 3.8) is 0 Å². The van der Waals surface area contributed by atoms with Crippen molar-refractivity contribution in [2.75, 3.05) is 39.0 Å². The number of anilines is 1. The third kappa shape index (κ3) is 4.56. The highest BCUT2D eigenvalue weighted by molar-refractivity contribution is 5.95. The number of nitrogens with one attached hydrogen (secondary N) is 3. The Bertz CT molecular complexity index is 910. The molecule has 8 heteroatoms. The van der Waals surface area contributed by atoms with Crippen LogP contribution in [-0.2, 0) is 19.5 Å². The highest BCUT2D eigenvalue weighted by atomic mass is 19.1. The molecule has 0 aliphatic carbocycles. The van der Waals surface area contributed by atoms with Gasteiger partial charge in [0.05, 0.1) is 11.4 Å². The van der Waals surface area contributed by atoms with Crippen molar-refractivity contribution in [2.45, 2.75) is 25.9 Å². The quantitative estimate of drug-likeness (QED) is 0.670. The van der Waals surface area contributed by atoms with E-state index in [-0.39, 0.29) is 11.5 Å². The third-order valence-corrected chi connectivity index (χ3v) is 4.84. The number of halogens is 1. The number of likely N-dealkylation sites (N-methyl/N-ethyl adjacent to an activating group) is 1. The molecule has 0 spiro atoms. The number of fused-ring (bicyclic) bond motifs is 1. The molecule has 0 atom stereocenters. The van der Waals surface area contributed by atoms with Crippen LogP contribution in [0.5, 0.6) is 0 Å². The lowest BCUT2D eigenvalue weighted by Crippen LogP contribution is -2.31. The second kappa shape index (κ2) is 8.97. The number of nitrogens with zero attached hydrogens (tertiary/aromatic N) is 2. The van der Waals surface area contributed by atoms with Crippen molar-refractivity contribution in [1.82, 2.24) is 20.4 Å². The van der Waals surface area contributed by atoms with Crippen LogP contribution in [0.4, 0.5) is 10.1 Å². The second-order valence-corrected chi connectivity index (χ2v) is 7.24. The van der Waals surface area contributed by atoms with Crippen molar-refractivity contribution < 1.29 is 9.18 Å². The first-order chi connectivity index (χ1) is 13.5. The van der Waals surface area contributed by atoms with Crippen LogP contribution in [0.3, 0.4) is 0 Å². The summed E-state index contributed by atoms with van der Waals surface area (Å²) >= 11 is 0. The number of carbonyl (C=O) groups excluding carboxylic acids is 1.